The number of hydrogen-bond donors (Lipinski definition) is 1. The minimum absolute atomic E-state index is 0.00830. The molecular formula is C13H16FNO4S. The van der Waals surface area contributed by atoms with E-state index in [0.717, 1.165) is 10.4 Å². The van der Waals surface area contributed by atoms with Crippen LogP contribution >= 0.6 is 0 Å². The molecule has 1 aromatic rings. The lowest BCUT2D eigenvalue weighted by Crippen LogP contribution is -2.34. The summed E-state index contributed by atoms with van der Waals surface area (Å²) in [5, 5.41) is 9.14. The molecule has 1 aromatic carbocycles. The first-order valence-electron chi connectivity index (χ1n) is 6.16. The minimum atomic E-state index is -3.78. The van der Waals surface area contributed by atoms with E-state index in [4.69, 9.17) is 5.11 Å². The number of carboxylic acids is 1. The van der Waals surface area contributed by atoms with Crippen molar-refractivity contribution < 1.29 is 22.7 Å². The summed E-state index contributed by atoms with van der Waals surface area (Å²) in [6.07, 6.45) is 0.266. The zero-order valence-electron chi connectivity index (χ0n) is 11.3. The lowest BCUT2D eigenvalue weighted by Gasteiger charge is -2.20. The molecule has 5 nitrogen and oxygen atoms in total. The van der Waals surface area contributed by atoms with Gasteiger partial charge in [0, 0.05) is 13.1 Å². The zero-order chi connectivity index (χ0) is 15.1. The topological polar surface area (TPSA) is 74.7 Å². The van der Waals surface area contributed by atoms with Crippen LogP contribution in [0.15, 0.2) is 23.1 Å². The Morgan fingerprint density at radius 1 is 1.45 bits per heavy atom. The van der Waals surface area contributed by atoms with E-state index in [1.165, 1.54) is 26.0 Å². The average Bonchev–Trinajstić information content (AvgIpc) is 2.77. The summed E-state index contributed by atoms with van der Waals surface area (Å²) >= 11 is 0. The predicted octanol–water partition coefficient (Wildman–Crippen LogP) is 1.62. The Hall–Kier alpha value is -1.47. The summed E-state index contributed by atoms with van der Waals surface area (Å²) in [7, 11) is -3.78. The van der Waals surface area contributed by atoms with Gasteiger partial charge in [-0.3, -0.25) is 4.79 Å². The van der Waals surface area contributed by atoms with E-state index in [-0.39, 0.29) is 30.0 Å². The first kappa shape index (κ1) is 14.9. The maximum Gasteiger partial charge on any atom is 0.310 e. The van der Waals surface area contributed by atoms with E-state index < -0.39 is 27.2 Å². The lowest BCUT2D eigenvalue weighted by molar-refractivity contribution is -0.146. The van der Waals surface area contributed by atoms with Crippen LogP contribution in [0.3, 0.4) is 0 Å². The van der Waals surface area contributed by atoms with Crippen molar-refractivity contribution in [2.24, 2.45) is 5.41 Å². The summed E-state index contributed by atoms with van der Waals surface area (Å²) < 4.78 is 39.2. The van der Waals surface area contributed by atoms with Crippen molar-refractivity contribution in [2.75, 3.05) is 13.1 Å². The van der Waals surface area contributed by atoms with Gasteiger partial charge in [-0.2, -0.15) is 4.31 Å². The molecule has 0 spiro atoms. The Morgan fingerprint density at radius 3 is 2.60 bits per heavy atom. The number of aryl methyl sites for hydroxylation is 1. The van der Waals surface area contributed by atoms with Gasteiger partial charge in [0.25, 0.3) is 0 Å². The first-order valence-corrected chi connectivity index (χ1v) is 7.60. The normalized spacial score (nSPS) is 23.9. The summed E-state index contributed by atoms with van der Waals surface area (Å²) in [5.41, 5.74) is -0.825. The highest BCUT2D eigenvalue weighted by Crippen LogP contribution is 2.33. The van der Waals surface area contributed by atoms with Crippen LogP contribution in [-0.2, 0) is 14.8 Å². The molecule has 7 heteroatoms. The van der Waals surface area contributed by atoms with Crippen molar-refractivity contribution in [3.8, 4) is 0 Å². The Labute approximate surface area is 117 Å². The summed E-state index contributed by atoms with van der Waals surface area (Å²) in [4.78, 5) is 11.2. The fraction of sp³-hybridized carbons (Fsp3) is 0.462. The van der Waals surface area contributed by atoms with Gasteiger partial charge >= 0.3 is 5.97 Å². The quantitative estimate of drug-likeness (QED) is 0.920. The number of rotatable bonds is 3. The van der Waals surface area contributed by atoms with E-state index in [1.54, 1.807) is 0 Å². The predicted molar refractivity (Wildman–Crippen MR) is 70.3 cm³/mol. The van der Waals surface area contributed by atoms with Gasteiger partial charge in [0.15, 0.2) is 0 Å². The van der Waals surface area contributed by atoms with Gasteiger partial charge in [0.2, 0.25) is 10.0 Å². The highest BCUT2D eigenvalue weighted by Gasteiger charge is 2.44. The molecule has 110 valence electrons. The van der Waals surface area contributed by atoms with E-state index >= 15 is 0 Å². The standard InChI is InChI=1S/C13H16FNO4S/c1-9-7-10(3-4-11(9)14)20(18,19)15-6-5-13(2,8-15)12(16)17/h3-4,7H,5-6,8H2,1-2H3,(H,16,17)/t13-/m0/s1. The Balaban J connectivity index is 2.33. The third-order valence-electron chi connectivity index (χ3n) is 3.72. The molecule has 1 aliphatic heterocycles. The number of aliphatic carboxylic acids is 1. The van der Waals surface area contributed by atoms with Gasteiger partial charge in [0.1, 0.15) is 5.82 Å². The molecule has 1 heterocycles. The molecule has 0 bridgehead atoms. The SMILES string of the molecule is Cc1cc(S(=O)(=O)N2CC[C@](C)(C(=O)O)C2)ccc1F. The number of halogens is 1. The van der Waals surface area contributed by atoms with Crippen LogP contribution in [0.5, 0.6) is 0 Å². The van der Waals surface area contributed by atoms with Crippen LogP contribution in [0.1, 0.15) is 18.9 Å². The number of nitrogens with zero attached hydrogens (tertiary/aromatic N) is 1. The van der Waals surface area contributed by atoms with Crippen molar-refractivity contribution in [3.63, 3.8) is 0 Å². The molecule has 1 atom stereocenters. The molecule has 0 amide bonds. The Bertz CT molecular complexity index is 658. The largest absolute Gasteiger partial charge is 0.481 e. The number of carbonyl (C=O) groups is 1. The van der Waals surface area contributed by atoms with Crippen molar-refractivity contribution in [2.45, 2.75) is 25.2 Å². The van der Waals surface area contributed by atoms with Crippen LogP contribution in [-0.4, -0.2) is 36.9 Å². The maximum absolute atomic E-state index is 13.2. The van der Waals surface area contributed by atoms with Crippen LogP contribution < -0.4 is 0 Å². The van der Waals surface area contributed by atoms with Crippen LogP contribution in [0.25, 0.3) is 0 Å². The van der Waals surface area contributed by atoms with Gasteiger partial charge in [-0.15, -0.1) is 0 Å². The van der Waals surface area contributed by atoms with Crippen molar-refractivity contribution in [1.29, 1.82) is 0 Å². The molecule has 1 aliphatic rings. The summed E-state index contributed by atoms with van der Waals surface area (Å²) in [5.74, 6) is -1.48. The van der Waals surface area contributed by atoms with Gasteiger partial charge < -0.3 is 5.11 Å². The molecular weight excluding hydrogens is 285 g/mol. The first-order chi connectivity index (χ1) is 9.17. The van der Waals surface area contributed by atoms with E-state index in [2.05, 4.69) is 0 Å². The smallest absolute Gasteiger partial charge is 0.310 e. The number of sulfonamides is 1. The molecule has 1 saturated heterocycles. The molecule has 2 rings (SSSR count). The van der Waals surface area contributed by atoms with Gasteiger partial charge in [0.05, 0.1) is 10.3 Å². The highest BCUT2D eigenvalue weighted by atomic mass is 32.2. The highest BCUT2D eigenvalue weighted by molar-refractivity contribution is 7.89. The molecule has 20 heavy (non-hydrogen) atoms. The summed E-state index contributed by atoms with van der Waals surface area (Å²) in [6.45, 7) is 3.10. The van der Waals surface area contributed by atoms with Gasteiger partial charge in [-0.05, 0) is 44.0 Å². The second kappa shape index (κ2) is 4.82. The van der Waals surface area contributed by atoms with Crippen molar-refractivity contribution in [3.05, 3.63) is 29.6 Å². The Morgan fingerprint density at radius 2 is 2.10 bits per heavy atom. The minimum Gasteiger partial charge on any atom is -0.481 e. The Kier molecular flexibility index (Phi) is 3.60. The van der Waals surface area contributed by atoms with Gasteiger partial charge in [-0.1, -0.05) is 0 Å². The number of carboxylic acid groups (broad SMARTS) is 1. The molecule has 0 aromatic heterocycles. The number of benzene rings is 1. The van der Waals surface area contributed by atoms with Crippen LogP contribution in [0.2, 0.25) is 0 Å². The van der Waals surface area contributed by atoms with E-state index in [0.29, 0.717) is 0 Å². The van der Waals surface area contributed by atoms with Crippen molar-refractivity contribution in [1.82, 2.24) is 4.31 Å². The number of hydrogen-bond acceptors (Lipinski definition) is 3. The van der Waals surface area contributed by atoms with Crippen molar-refractivity contribution >= 4 is 16.0 Å². The molecule has 0 aliphatic carbocycles. The molecule has 1 N–H and O–H groups in total. The van der Waals surface area contributed by atoms with Crippen LogP contribution in [0, 0.1) is 18.2 Å². The molecule has 0 saturated carbocycles. The monoisotopic (exact) mass is 301 g/mol. The fourth-order valence-corrected chi connectivity index (χ4v) is 3.88. The third-order valence-corrected chi connectivity index (χ3v) is 5.56. The lowest BCUT2D eigenvalue weighted by atomic mass is 9.90. The third kappa shape index (κ3) is 2.43. The average molecular weight is 301 g/mol. The zero-order valence-corrected chi connectivity index (χ0v) is 12.1. The molecule has 0 radical (unpaired) electrons. The van der Waals surface area contributed by atoms with Crippen LogP contribution in [0.4, 0.5) is 4.39 Å². The molecule has 1 fully saturated rings. The van der Waals surface area contributed by atoms with E-state index in [9.17, 15) is 17.6 Å². The fourth-order valence-electron chi connectivity index (χ4n) is 2.23. The second-order valence-electron chi connectivity index (χ2n) is 5.37. The van der Waals surface area contributed by atoms with E-state index in [1.807, 2.05) is 0 Å². The summed E-state index contributed by atoms with van der Waals surface area (Å²) in [6, 6.07) is 3.57. The van der Waals surface area contributed by atoms with Gasteiger partial charge in [-0.25, -0.2) is 12.8 Å². The molecule has 0 unspecified atom stereocenters. The second-order valence-corrected chi connectivity index (χ2v) is 7.30. The maximum atomic E-state index is 13.2.